The molecule has 0 amide bonds. The van der Waals surface area contributed by atoms with Crippen molar-refractivity contribution < 1.29 is 9.50 Å². The lowest BCUT2D eigenvalue weighted by atomic mass is 10.0. The molecule has 148 valence electrons. The monoisotopic (exact) mass is 393 g/mol. The number of nitrogens with zero attached hydrogens (tertiary/aromatic N) is 3. The molecule has 8 heteroatoms. The highest BCUT2D eigenvalue weighted by Crippen LogP contribution is 2.20. The third kappa shape index (κ3) is 7.22. The molecule has 1 heterocycles. The Bertz CT molecular complexity index is 730. The normalized spacial score (nSPS) is 14.0. The molecule has 2 aromatic rings. The molecule has 0 saturated heterocycles. The van der Waals surface area contributed by atoms with Gasteiger partial charge in [-0.2, -0.15) is 5.10 Å². The molecule has 0 aliphatic rings. The van der Waals surface area contributed by atoms with Crippen molar-refractivity contribution in [3.8, 4) is 0 Å². The van der Waals surface area contributed by atoms with Crippen LogP contribution >= 0.6 is 11.8 Å². The van der Waals surface area contributed by atoms with Gasteiger partial charge in [0.05, 0.1) is 12.7 Å². The minimum atomic E-state index is -1.07. The van der Waals surface area contributed by atoms with Crippen LogP contribution in [0.5, 0.6) is 0 Å². The van der Waals surface area contributed by atoms with Gasteiger partial charge in [-0.1, -0.05) is 0 Å². The van der Waals surface area contributed by atoms with Crippen LogP contribution in [-0.2, 0) is 12.6 Å². The van der Waals surface area contributed by atoms with Crippen molar-refractivity contribution in [1.82, 2.24) is 20.4 Å². The quantitative estimate of drug-likeness (QED) is 0.264. The van der Waals surface area contributed by atoms with Crippen molar-refractivity contribution in [1.29, 1.82) is 0 Å². The molecule has 1 aromatic carbocycles. The van der Waals surface area contributed by atoms with Crippen molar-refractivity contribution in [3.63, 3.8) is 0 Å². The van der Waals surface area contributed by atoms with Gasteiger partial charge in [-0.05, 0) is 50.3 Å². The van der Waals surface area contributed by atoms with E-state index in [4.69, 9.17) is 0 Å². The lowest BCUT2D eigenvalue weighted by molar-refractivity contribution is 0.0672. The van der Waals surface area contributed by atoms with Crippen molar-refractivity contribution in [3.05, 3.63) is 48.0 Å². The topological polar surface area (TPSA) is 74.5 Å². The predicted octanol–water partition coefficient (Wildman–Crippen LogP) is 2.50. The maximum atomic E-state index is 12.9. The Hall–Kier alpha value is -2.06. The molecule has 0 spiro atoms. The van der Waals surface area contributed by atoms with Crippen LogP contribution in [0.25, 0.3) is 0 Å². The average Bonchev–Trinajstić information content (AvgIpc) is 3.08. The zero-order chi connectivity index (χ0) is 19.7. The van der Waals surface area contributed by atoms with Crippen LogP contribution in [0, 0.1) is 5.82 Å². The smallest absolute Gasteiger partial charge is 0.191 e. The lowest BCUT2D eigenvalue weighted by Gasteiger charge is -2.20. The van der Waals surface area contributed by atoms with Crippen LogP contribution in [0.2, 0.25) is 0 Å². The number of aliphatic hydroxyl groups is 1. The van der Waals surface area contributed by atoms with Crippen molar-refractivity contribution in [2.75, 3.05) is 25.4 Å². The van der Waals surface area contributed by atoms with Crippen LogP contribution in [0.15, 0.2) is 46.5 Å². The van der Waals surface area contributed by atoms with Crippen LogP contribution in [0.1, 0.15) is 25.8 Å². The fraction of sp³-hybridized carbons (Fsp3) is 0.474. The lowest BCUT2D eigenvalue weighted by Crippen LogP contribution is -2.39. The summed E-state index contributed by atoms with van der Waals surface area (Å²) in [6.45, 7) is 5.47. The van der Waals surface area contributed by atoms with Gasteiger partial charge in [0, 0.05) is 36.8 Å². The number of halogens is 1. The number of hydrogen-bond donors (Lipinski definition) is 3. The molecule has 0 radical (unpaired) electrons. The molecular formula is C19H28FN5OS. The van der Waals surface area contributed by atoms with E-state index in [1.54, 1.807) is 47.9 Å². The van der Waals surface area contributed by atoms with Crippen LogP contribution in [-0.4, -0.2) is 46.2 Å². The van der Waals surface area contributed by atoms with E-state index < -0.39 is 5.60 Å². The average molecular weight is 394 g/mol. The Balaban J connectivity index is 1.78. The van der Waals surface area contributed by atoms with Gasteiger partial charge in [0.1, 0.15) is 11.4 Å². The molecule has 1 unspecified atom stereocenters. The van der Waals surface area contributed by atoms with Gasteiger partial charge in [-0.15, -0.1) is 11.8 Å². The summed E-state index contributed by atoms with van der Waals surface area (Å²) < 4.78 is 14.6. The molecule has 0 bridgehead atoms. The second-order valence-corrected chi connectivity index (χ2v) is 7.62. The fourth-order valence-corrected chi connectivity index (χ4v) is 3.22. The Morgan fingerprint density at radius 2 is 2.07 bits per heavy atom. The third-order valence-corrected chi connectivity index (χ3v) is 5.01. The van der Waals surface area contributed by atoms with Gasteiger partial charge in [0.15, 0.2) is 5.96 Å². The van der Waals surface area contributed by atoms with Crippen LogP contribution in [0.4, 0.5) is 4.39 Å². The zero-order valence-electron chi connectivity index (χ0n) is 16.1. The minimum absolute atomic E-state index is 0.213. The van der Waals surface area contributed by atoms with Gasteiger partial charge in [-0.25, -0.2) is 9.38 Å². The first-order valence-corrected chi connectivity index (χ1v) is 10.0. The van der Waals surface area contributed by atoms with Crippen molar-refractivity contribution in [2.45, 2.75) is 30.8 Å². The molecule has 1 aromatic heterocycles. The third-order valence-electron chi connectivity index (χ3n) is 3.91. The number of thioether (sulfide) groups is 1. The van der Waals surface area contributed by atoms with E-state index in [0.29, 0.717) is 5.96 Å². The standard InChI is InChI=1S/C19H28FN5OS/c1-4-21-18(23-14-19(2,26)15-12-24-25(3)13-15)22-10-5-11-27-17-8-6-16(20)7-9-17/h6-9,12-13,26H,4-5,10-11,14H2,1-3H3,(H2,21,22,23). The summed E-state index contributed by atoms with van der Waals surface area (Å²) in [6, 6.07) is 6.54. The van der Waals surface area contributed by atoms with Crippen LogP contribution in [0.3, 0.4) is 0 Å². The van der Waals surface area contributed by atoms with E-state index in [0.717, 1.165) is 35.7 Å². The Morgan fingerprint density at radius 1 is 1.33 bits per heavy atom. The van der Waals surface area contributed by atoms with Gasteiger partial charge < -0.3 is 15.7 Å². The number of aryl methyl sites for hydroxylation is 1. The Labute approximate surface area is 164 Å². The van der Waals surface area contributed by atoms with Gasteiger partial charge in [-0.3, -0.25) is 4.68 Å². The molecule has 0 aliphatic heterocycles. The number of rotatable bonds is 9. The predicted molar refractivity (Wildman–Crippen MR) is 109 cm³/mol. The highest BCUT2D eigenvalue weighted by Gasteiger charge is 2.24. The number of guanidine groups is 1. The summed E-state index contributed by atoms with van der Waals surface area (Å²) in [6.07, 6.45) is 4.39. The van der Waals surface area contributed by atoms with E-state index in [1.807, 2.05) is 14.0 Å². The summed E-state index contributed by atoms with van der Waals surface area (Å²) in [5, 5.41) is 21.2. The molecule has 0 fully saturated rings. The summed E-state index contributed by atoms with van der Waals surface area (Å²) in [5.41, 5.74) is -0.338. The second-order valence-electron chi connectivity index (χ2n) is 6.45. The summed E-state index contributed by atoms with van der Waals surface area (Å²) in [7, 11) is 1.82. The minimum Gasteiger partial charge on any atom is -0.383 e. The molecule has 27 heavy (non-hydrogen) atoms. The van der Waals surface area contributed by atoms with Gasteiger partial charge >= 0.3 is 0 Å². The molecular weight excluding hydrogens is 365 g/mol. The van der Waals surface area contributed by atoms with E-state index in [1.165, 1.54) is 12.1 Å². The van der Waals surface area contributed by atoms with Crippen molar-refractivity contribution >= 4 is 17.7 Å². The highest BCUT2D eigenvalue weighted by molar-refractivity contribution is 7.99. The number of benzene rings is 1. The molecule has 1 atom stereocenters. The molecule has 2 rings (SSSR count). The number of hydrogen-bond acceptors (Lipinski definition) is 4. The van der Waals surface area contributed by atoms with Gasteiger partial charge in [0.25, 0.3) is 0 Å². The molecule has 0 saturated carbocycles. The number of aliphatic imine (C=N–C) groups is 1. The Kier molecular flexibility index (Phi) is 8.12. The first-order chi connectivity index (χ1) is 12.9. The summed E-state index contributed by atoms with van der Waals surface area (Å²) in [5.74, 6) is 1.38. The summed E-state index contributed by atoms with van der Waals surface area (Å²) >= 11 is 1.70. The van der Waals surface area contributed by atoms with Crippen LogP contribution < -0.4 is 10.6 Å². The maximum absolute atomic E-state index is 12.9. The van der Waals surface area contributed by atoms with E-state index in [-0.39, 0.29) is 12.4 Å². The van der Waals surface area contributed by atoms with Gasteiger partial charge in [0.2, 0.25) is 0 Å². The molecule has 6 nitrogen and oxygen atoms in total. The fourth-order valence-electron chi connectivity index (χ4n) is 2.37. The number of nitrogens with one attached hydrogen (secondary N) is 2. The first-order valence-electron chi connectivity index (χ1n) is 9.03. The van der Waals surface area contributed by atoms with E-state index >= 15 is 0 Å². The first kappa shape index (κ1) is 21.2. The van der Waals surface area contributed by atoms with E-state index in [2.05, 4.69) is 20.7 Å². The SMILES string of the molecule is CCNC(=NCC(C)(O)c1cnn(C)c1)NCCCSc1ccc(F)cc1. The molecule has 3 N–H and O–H groups in total. The second kappa shape index (κ2) is 10.3. The zero-order valence-corrected chi connectivity index (χ0v) is 16.9. The molecule has 0 aliphatic carbocycles. The van der Waals surface area contributed by atoms with Crippen molar-refractivity contribution in [2.24, 2.45) is 12.0 Å². The largest absolute Gasteiger partial charge is 0.383 e. The number of aromatic nitrogens is 2. The maximum Gasteiger partial charge on any atom is 0.191 e. The Morgan fingerprint density at radius 3 is 2.70 bits per heavy atom. The highest BCUT2D eigenvalue weighted by atomic mass is 32.2. The summed E-state index contributed by atoms with van der Waals surface area (Å²) in [4.78, 5) is 5.55. The van der Waals surface area contributed by atoms with E-state index in [9.17, 15) is 9.50 Å².